The molecule has 1 aliphatic rings. The third-order valence-corrected chi connectivity index (χ3v) is 4.26. The van der Waals surface area contributed by atoms with E-state index in [0.717, 1.165) is 50.7 Å². The summed E-state index contributed by atoms with van der Waals surface area (Å²) in [7, 11) is 3.49. The number of nitrogens with zero attached hydrogens (tertiary/aromatic N) is 4. The zero-order valence-corrected chi connectivity index (χ0v) is 18.3. The predicted octanol–water partition coefficient (Wildman–Crippen LogP) is 1.31. The first-order valence-corrected chi connectivity index (χ1v) is 8.95. The van der Waals surface area contributed by atoms with Crippen LogP contribution in [-0.2, 0) is 11.3 Å². The molecule has 1 aromatic heterocycles. The van der Waals surface area contributed by atoms with Crippen LogP contribution in [-0.4, -0.2) is 73.0 Å². The second-order valence-electron chi connectivity index (χ2n) is 6.50. The maximum Gasteiger partial charge on any atom is 0.243 e. The Morgan fingerprint density at radius 2 is 2.08 bits per heavy atom. The SMILES string of the molecule is CCNC(=NCC(=O)N(C)C)NC1CCN(Cc2ccccn2)CC1.I. The Hall–Kier alpha value is -1.42. The van der Waals surface area contributed by atoms with Crippen molar-refractivity contribution in [2.24, 2.45) is 4.99 Å². The number of likely N-dealkylation sites (N-methyl/N-ethyl adjacent to an activating group) is 1. The number of rotatable bonds is 6. The van der Waals surface area contributed by atoms with E-state index in [1.54, 1.807) is 19.0 Å². The van der Waals surface area contributed by atoms with Gasteiger partial charge in [-0.1, -0.05) is 6.07 Å². The second kappa shape index (κ2) is 12.1. The van der Waals surface area contributed by atoms with Gasteiger partial charge < -0.3 is 15.5 Å². The third-order valence-electron chi connectivity index (χ3n) is 4.26. The molecule has 0 aromatic carbocycles. The molecule has 7 nitrogen and oxygen atoms in total. The number of nitrogens with one attached hydrogen (secondary N) is 2. The van der Waals surface area contributed by atoms with Crippen LogP contribution in [0.15, 0.2) is 29.4 Å². The molecule has 0 radical (unpaired) electrons. The number of guanidine groups is 1. The fraction of sp³-hybridized carbons (Fsp3) is 0.611. The molecule has 2 rings (SSSR count). The van der Waals surface area contributed by atoms with Crippen molar-refractivity contribution in [3.05, 3.63) is 30.1 Å². The number of aliphatic imine (C=N–C) groups is 1. The number of halogens is 1. The molecule has 26 heavy (non-hydrogen) atoms. The van der Waals surface area contributed by atoms with Gasteiger partial charge in [-0.2, -0.15) is 0 Å². The molecule has 146 valence electrons. The minimum absolute atomic E-state index is 0. The zero-order chi connectivity index (χ0) is 18.1. The predicted molar refractivity (Wildman–Crippen MR) is 116 cm³/mol. The summed E-state index contributed by atoms with van der Waals surface area (Å²) in [6, 6.07) is 6.43. The van der Waals surface area contributed by atoms with Crippen molar-refractivity contribution < 1.29 is 4.79 Å². The van der Waals surface area contributed by atoms with Crippen molar-refractivity contribution in [1.82, 2.24) is 25.4 Å². The fourth-order valence-electron chi connectivity index (χ4n) is 2.76. The second-order valence-corrected chi connectivity index (χ2v) is 6.50. The smallest absolute Gasteiger partial charge is 0.243 e. The number of carbonyl (C=O) groups excluding carboxylic acids is 1. The van der Waals surface area contributed by atoms with Gasteiger partial charge in [0.15, 0.2) is 5.96 Å². The van der Waals surface area contributed by atoms with Gasteiger partial charge in [-0.05, 0) is 31.9 Å². The normalized spacial score (nSPS) is 15.9. The molecule has 1 fully saturated rings. The van der Waals surface area contributed by atoms with Gasteiger partial charge in [-0.15, -0.1) is 24.0 Å². The molecular formula is C18H31IN6O. The number of hydrogen-bond acceptors (Lipinski definition) is 4. The van der Waals surface area contributed by atoms with Gasteiger partial charge >= 0.3 is 0 Å². The molecule has 1 aliphatic heterocycles. The van der Waals surface area contributed by atoms with Crippen LogP contribution in [0.2, 0.25) is 0 Å². The standard InChI is InChI=1S/C18H30N6O.HI/c1-4-19-18(21-13-17(25)23(2)3)22-15-8-11-24(12-9-15)14-16-7-5-6-10-20-16;/h5-7,10,15H,4,8-9,11-14H2,1-3H3,(H2,19,21,22);1H. The van der Waals surface area contributed by atoms with Crippen molar-refractivity contribution in [3.63, 3.8) is 0 Å². The molecule has 2 heterocycles. The first-order chi connectivity index (χ1) is 12.1. The molecule has 2 N–H and O–H groups in total. The molecule has 0 unspecified atom stereocenters. The highest BCUT2D eigenvalue weighted by Gasteiger charge is 2.20. The number of carbonyl (C=O) groups is 1. The highest BCUT2D eigenvalue weighted by molar-refractivity contribution is 14.0. The van der Waals surface area contributed by atoms with Crippen molar-refractivity contribution in [2.75, 3.05) is 40.3 Å². The first kappa shape index (κ1) is 22.6. The number of hydrogen-bond donors (Lipinski definition) is 2. The van der Waals surface area contributed by atoms with E-state index in [1.165, 1.54) is 0 Å². The Balaban J connectivity index is 0.00000338. The lowest BCUT2D eigenvalue weighted by Crippen LogP contribution is -2.48. The lowest BCUT2D eigenvalue weighted by Gasteiger charge is -2.32. The number of likely N-dealkylation sites (tertiary alicyclic amines) is 1. The van der Waals surface area contributed by atoms with Gasteiger partial charge in [0, 0.05) is 52.5 Å². The molecule has 1 aromatic rings. The summed E-state index contributed by atoms with van der Waals surface area (Å²) in [5.74, 6) is 0.725. The highest BCUT2D eigenvalue weighted by Crippen LogP contribution is 2.12. The first-order valence-electron chi connectivity index (χ1n) is 8.95. The summed E-state index contributed by atoms with van der Waals surface area (Å²) in [6.07, 6.45) is 3.95. The van der Waals surface area contributed by atoms with Crippen LogP contribution >= 0.6 is 24.0 Å². The third kappa shape index (κ3) is 7.86. The minimum atomic E-state index is 0. The van der Waals surface area contributed by atoms with E-state index in [9.17, 15) is 4.79 Å². The molecule has 1 amide bonds. The molecule has 0 saturated carbocycles. The number of amides is 1. The lowest BCUT2D eigenvalue weighted by atomic mass is 10.0. The van der Waals surface area contributed by atoms with E-state index >= 15 is 0 Å². The van der Waals surface area contributed by atoms with Gasteiger partial charge in [-0.25, -0.2) is 4.99 Å². The van der Waals surface area contributed by atoms with Crippen molar-refractivity contribution in [2.45, 2.75) is 32.4 Å². The average molecular weight is 474 g/mol. The van der Waals surface area contributed by atoms with Crippen LogP contribution < -0.4 is 10.6 Å². The summed E-state index contributed by atoms with van der Waals surface area (Å²) in [4.78, 5) is 24.5. The lowest BCUT2D eigenvalue weighted by molar-refractivity contribution is -0.127. The van der Waals surface area contributed by atoms with E-state index in [-0.39, 0.29) is 36.4 Å². The minimum Gasteiger partial charge on any atom is -0.357 e. The zero-order valence-electron chi connectivity index (χ0n) is 15.9. The maximum atomic E-state index is 11.7. The largest absolute Gasteiger partial charge is 0.357 e. The molecule has 0 aliphatic carbocycles. The van der Waals surface area contributed by atoms with Crippen LogP contribution in [0.4, 0.5) is 0 Å². The Labute approximate surface area is 173 Å². The van der Waals surface area contributed by atoms with Crippen LogP contribution in [0.1, 0.15) is 25.5 Å². The summed E-state index contributed by atoms with van der Waals surface area (Å²) < 4.78 is 0. The van der Waals surface area contributed by atoms with Crippen LogP contribution in [0.3, 0.4) is 0 Å². The van der Waals surface area contributed by atoms with Gasteiger partial charge in [0.05, 0.1) is 5.69 Å². The van der Waals surface area contributed by atoms with E-state index in [4.69, 9.17) is 0 Å². The molecular weight excluding hydrogens is 443 g/mol. The van der Waals surface area contributed by atoms with Crippen molar-refractivity contribution in [3.8, 4) is 0 Å². The summed E-state index contributed by atoms with van der Waals surface area (Å²) in [5, 5.41) is 6.68. The average Bonchev–Trinajstić information content (AvgIpc) is 2.62. The number of piperidine rings is 1. The highest BCUT2D eigenvalue weighted by atomic mass is 127. The fourth-order valence-corrected chi connectivity index (χ4v) is 2.76. The Kier molecular flexibility index (Phi) is 10.5. The summed E-state index contributed by atoms with van der Waals surface area (Å²) >= 11 is 0. The monoisotopic (exact) mass is 474 g/mol. The van der Waals surface area contributed by atoms with E-state index in [2.05, 4.69) is 31.6 Å². The van der Waals surface area contributed by atoms with Gasteiger partial charge in [0.25, 0.3) is 0 Å². The Bertz CT molecular complexity index is 558. The van der Waals surface area contributed by atoms with Crippen molar-refractivity contribution >= 4 is 35.8 Å². The van der Waals surface area contributed by atoms with Crippen molar-refractivity contribution in [1.29, 1.82) is 0 Å². The molecule has 0 bridgehead atoms. The maximum absolute atomic E-state index is 11.7. The van der Waals surface area contributed by atoms with Gasteiger partial charge in [0.2, 0.25) is 5.91 Å². The van der Waals surface area contributed by atoms with E-state index in [0.29, 0.717) is 6.04 Å². The summed E-state index contributed by atoms with van der Waals surface area (Å²) in [6.45, 7) is 5.94. The van der Waals surface area contributed by atoms with Crippen LogP contribution in [0.25, 0.3) is 0 Å². The number of aromatic nitrogens is 1. The topological polar surface area (TPSA) is 72.9 Å². The van der Waals surface area contributed by atoms with Crippen LogP contribution in [0, 0.1) is 0 Å². The molecule has 1 saturated heterocycles. The van der Waals surface area contributed by atoms with Crippen LogP contribution in [0.5, 0.6) is 0 Å². The van der Waals surface area contributed by atoms with E-state index < -0.39 is 0 Å². The Morgan fingerprint density at radius 3 is 2.65 bits per heavy atom. The summed E-state index contributed by atoms with van der Waals surface area (Å²) in [5.41, 5.74) is 1.12. The quantitative estimate of drug-likeness (QED) is 0.370. The van der Waals surface area contributed by atoms with Gasteiger partial charge in [0.1, 0.15) is 6.54 Å². The van der Waals surface area contributed by atoms with Gasteiger partial charge in [-0.3, -0.25) is 14.7 Å². The number of pyridine rings is 1. The molecule has 0 spiro atoms. The molecule has 0 atom stereocenters. The van der Waals surface area contributed by atoms with E-state index in [1.807, 2.05) is 25.3 Å². The Morgan fingerprint density at radius 1 is 1.35 bits per heavy atom. The molecule has 8 heteroatoms.